The minimum atomic E-state index is 0.889. The van der Waals surface area contributed by atoms with E-state index >= 15 is 0 Å². The summed E-state index contributed by atoms with van der Waals surface area (Å²) in [7, 11) is 4.26. The third-order valence-corrected chi connectivity index (χ3v) is 6.32. The first-order valence-corrected chi connectivity index (χ1v) is 6.95. The average molecular weight is 188 g/mol. The molecule has 1 aliphatic heterocycles. The van der Waals surface area contributed by atoms with Gasteiger partial charge in [-0.25, -0.2) is 0 Å². The quantitative estimate of drug-likeness (QED) is 0.578. The number of fused-ring (bicyclic) bond motifs is 1. The first-order chi connectivity index (χ1) is 5.29. The Morgan fingerprint density at radius 3 is 2.55 bits per heavy atom. The van der Waals surface area contributed by atoms with Crippen molar-refractivity contribution in [2.75, 3.05) is 5.75 Å². The van der Waals surface area contributed by atoms with Gasteiger partial charge in [-0.05, 0) is 30.6 Å². The maximum absolute atomic E-state index is 2.37. The first kappa shape index (κ1) is 8.31. The molecule has 0 spiro atoms. The second-order valence-electron chi connectivity index (χ2n) is 4.09. The van der Waals surface area contributed by atoms with Crippen LogP contribution in [0.25, 0.3) is 0 Å². The van der Waals surface area contributed by atoms with Gasteiger partial charge in [-0.15, -0.1) is 0 Å². The zero-order valence-corrected chi connectivity index (χ0v) is 8.88. The molecule has 0 bridgehead atoms. The molecule has 0 radical (unpaired) electrons. The molecule has 0 aromatic rings. The van der Waals surface area contributed by atoms with Crippen LogP contribution in [0, 0.1) is 17.8 Å². The van der Waals surface area contributed by atoms with E-state index in [-0.39, 0.29) is 0 Å². The molecule has 0 N–H and O–H groups in total. The molecule has 0 aromatic carbocycles. The topological polar surface area (TPSA) is 0 Å². The fraction of sp³-hybridized carbons (Fsp3) is 1.00. The fourth-order valence-electron chi connectivity index (χ4n) is 2.12. The molecule has 1 saturated heterocycles. The lowest BCUT2D eigenvalue weighted by Gasteiger charge is -2.46. The molecule has 11 heavy (non-hydrogen) atoms. The zero-order chi connectivity index (χ0) is 7.84. The van der Waals surface area contributed by atoms with Crippen LogP contribution >= 0.6 is 21.6 Å². The molecule has 1 aliphatic carbocycles. The molecule has 2 aliphatic rings. The van der Waals surface area contributed by atoms with Crippen molar-refractivity contribution >= 4 is 21.6 Å². The maximum Gasteiger partial charge on any atom is 0.0205 e. The van der Waals surface area contributed by atoms with Gasteiger partial charge >= 0.3 is 0 Å². The highest BCUT2D eigenvalue weighted by atomic mass is 33.1. The number of hydrogen-bond acceptors (Lipinski definition) is 2. The van der Waals surface area contributed by atoms with Crippen molar-refractivity contribution in [3.05, 3.63) is 0 Å². The van der Waals surface area contributed by atoms with E-state index in [1.54, 1.807) is 0 Å². The van der Waals surface area contributed by atoms with Gasteiger partial charge in [0.1, 0.15) is 0 Å². The first-order valence-electron chi connectivity index (χ1n) is 4.57. The summed E-state index contributed by atoms with van der Waals surface area (Å²) in [5.41, 5.74) is 0. The van der Waals surface area contributed by atoms with E-state index in [4.69, 9.17) is 0 Å². The maximum atomic E-state index is 2.37. The predicted octanol–water partition coefficient (Wildman–Crippen LogP) is 3.43. The molecule has 2 heteroatoms. The molecular formula is C9H16S2. The van der Waals surface area contributed by atoms with E-state index in [9.17, 15) is 0 Å². The SMILES string of the molecule is CC(C)C1SSCC2CC[C@@H]21. The standard InChI is InChI=1S/C9H16S2/c1-6(2)9-8-4-3-7(8)5-10-11-9/h6-9H,3-5H2,1-2H3/t7?,8-,9?/m0/s1. The summed E-state index contributed by atoms with van der Waals surface area (Å²) < 4.78 is 0. The minimum absolute atomic E-state index is 0.889. The van der Waals surface area contributed by atoms with Crippen molar-refractivity contribution < 1.29 is 0 Å². The lowest BCUT2D eigenvalue weighted by atomic mass is 9.70. The Kier molecular flexibility index (Phi) is 2.43. The van der Waals surface area contributed by atoms with Gasteiger partial charge < -0.3 is 0 Å². The van der Waals surface area contributed by atoms with Crippen LogP contribution in [0.15, 0.2) is 0 Å². The van der Waals surface area contributed by atoms with Gasteiger partial charge in [0, 0.05) is 11.0 Å². The Morgan fingerprint density at radius 1 is 1.27 bits per heavy atom. The van der Waals surface area contributed by atoms with Gasteiger partial charge in [-0.2, -0.15) is 0 Å². The lowest BCUT2D eigenvalue weighted by molar-refractivity contribution is 0.176. The summed E-state index contributed by atoms with van der Waals surface area (Å²) in [6.07, 6.45) is 3.03. The highest BCUT2D eigenvalue weighted by molar-refractivity contribution is 8.77. The molecular weight excluding hydrogens is 172 g/mol. The van der Waals surface area contributed by atoms with Crippen LogP contribution in [0.5, 0.6) is 0 Å². The molecule has 0 aromatic heterocycles. The van der Waals surface area contributed by atoms with E-state index in [2.05, 4.69) is 35.4 Å². The predicted molar refractivity (Wildman–Crippen MR) is 54.9 cm³/mol. The van der Waals surface area contributed by atoms with Crippen LogP contribution in [0.1, 0.15) is 26.7 Å². The van der Waals surface area contributed by atoms with Crippen LogP contribution in [0.2, 0.25) is 0 Å². The minimum Gasteiger partial charge on any atom is -0.0936 e. The lowest BCUT2D eigenvalue weighted by Crippen LogP contribution is -2.40. The Labute approximate surface area is 77.3 Å². The normalized spacial score (nSPS) is 43.4. The largest absolute Gasteiger partial charge is 0.0936 e. The Bertz CT molecular complexity index is 144. The molecule has 2 fully saturated rings. The molecule has 1 heterocycles. The highest BCUT2D eigenvalue weighted by Crippen LogP contribution is 2.53. The smallest absolute Gasteiger partial charge is 0.0205 e. The summed E-state index contributed by atoms with van der Waals surface area (Å²) in [6.45, 7) is 4.75. The van der Waals surface area contributed by atoms with Crippen molar-refractivity contribution in [3.8, 4) is 0 Å². The molecule has 2 rings (SSSR count). The second-order valence-corrected chi connectivity index (χ2v) is 6.68. The van der Waals surface area contributed by atoms with Gasteiger partial charge in [-0.3, -0.25) is 0 Å². The van der Waals surface area contributed by atoms with Crippen molar-refractivity contribution in [2.45, 2.75) is 31.9 Å². The van der Waals surface area contributed by atoms with Crippen LogP contribution in [0.4, 0.5) is 0 Å². The van der Waals surface area contributed by atoms with Crippen LogP contribution < -0.4 is 0 Å². The van der Waals surface area contributed by atoms with E-state index < -0.39 is 0 Å². The van der Waals surface area contributed by atoms with Crippen LogP contribution in [0.3, 0.4) is 0 Å². The van der Waals surface area contributed by atoms with Crippen molar-refractivity contribution in [2.24, 2.45) is 17.8 Å². The van der Waals surface area contributed by atoms with E-state index in [0.29, 0.717) is 0 Å². The Hall–Kier alpha value is 0.700. The van der Waals surface area contributed by atoms with Crippen molar-refractivity contribution in [1.29, 1.82) is 0 Å². The third kappa shape index (κ3) is 1.44. The summed E-state index contributed by atoms with van der Waals surface area (Å²) in [5.74, 6) is 4.49. The van der Waals surface area contributed by atoms with Gasteiger partial charge in [-0.1, -0.05) is 35.4 Å². The molecule has 0 nitrogen and oxygen atoms in total. The van der Waals surface area contributed by atoms with Gasteiger partial charge in [0.15, 0.2) is 0 Å². The number of rotatable bonds is 1. The van der Waals surface area contributed by atoms with Gasteiger partial charge in [0.05, 0.1) is 0 Å². The summed E-state index contributed by atoms with van der Waals surface area (Å²) >= 11 is 0. The molecule has 2 unspecified atom stereocenters. The molecule has 64 valence electrons. The van der Waals surface area contributed by atoms with Crippen LogP contribution in [-0.2, 0) is 0 Å². The van der Waals surface area contributed by atoms with E-state index in [1.807, 2.05) is 0 Å². The van der Waals surface area contributed by atoms with Crippen molar-refractivity contribution in [1.82, 2.24) is 0 Å². The summed E-state index contributed by atoms with van der Waals surface area (Å²) in [5, 5.41) is 0.965. The Morgan fingerprint density at radius 2 is 2.09 bits per heavy atom. The summed E-state index contributed by atoms with van der Waals surface area (Å²) in [6, 6.07) is 0. The van der Waals surface area contributed by atoms with Gasteiger partial charge in [0.25, 0.3) is 0 Å². The van der Waals surface area contributed by atoms with Gasteiger partial charge in [0.2, 0.25) is 0 Å². The highest BCUT2D eigenvalue weighted by Gasteiger charge is 2.41. The summed E-state index contributed by atoms with van der Waals surface area (Å²) in [4.78, 5) is 0. The average Bonchev–Trinajstić information content (AvgIpc) is 1.90. The van der Waals surface area contributed by atoms with E-state index in [1.165, 1.54) is 18.6 Å². The zero-order valence-electron chi connectivity index (χ0n) is 7.25. The monoisotopic (exact) mass is 188 g/mol. The fourth-order valence-corrected chi connectivity index (χ4v) is 5.99. The molecule has 0 amide bonds. The Balaban J connectivity index is 1.98. The molecule has 1 saturated carbocycles. The van der Waals surface area contributed by atoms with Crippen molar-refractivity contribution in [3.63, 3.8) is 0 Å². The number of hydrogen-bond donors (Lipinski definition) is 0. The second kappa shape index (κ2) is 3.21. The third-order valence-electron chi connectivity index (χ3n) is 3.02. The van der Waals surface area contributed by atoms with Crippen LogP contribution in [-0.4, -0.2) is 11.0 Å². The van der Waals surface area contributed by atoms with E-state index in [0.717, 1.165) is 23.0 Å². The molecule has 3 atom stereocenters.